The van der Waals surface area contributed by atoms with E-state index in [0.717, 1.165) is 25.3 Å². The number of aromatic amines is 1. The highest BCUT2D eigenvalue weighted by molar-refractivity contribution is 14.0. The highest BCUT2D eigenvalue weighted by Gasteiger charge is 2.21. The molecule has 0 atom stereocenters. The number of halogens is 1. The van der Waals surface area contributed by atoms with Crippen LogP contribution in [0.25, 0.3) is 10.9 Å². The first-order chi connectivity index (χ1) is 9.86. The first-order valence-corrected chi connectivity index (χ1v) is 7.39. The molecule has 5 heteroatoms. The van der Waals surface area contributed by atoms with E-state index in [9.17, 15) is 0 Å². The first-order valence-electron chi connectivity index (χ1n) is 7.39. The molecule has 2 aromatic rings. The molecule has 0 radical (unpaired) electrons. The molecule has 3 N–H and O–H groups in total. The molecular formula is C16H23IN4. The highest BCUT2D eigenvalue weighted by Crippen LogP contribution is 2.19. The van der Waals surface area contributed by atoms with Crippen molar-refractivity contribution in [1.29, 1.82) is 0 Å². The zero-order valence-corrected chi connectivity index (χ0v) is 14.7. The second-order valence-electron chi connectivity index (χ2n) is 5.38. The van der Waals surface area contributed by atoms with Gasteiger partial charge in [-0.15, -0.1) is 24.0 Å². The second-order valence-corrected chi connectivity index (χ2v) is 5.38. The van der Waals surface area contributed by atoms with E-state index in [1.54, 1.807) is 0 Å². The van der Waals surface area contributed by atoms with Crippen LogP contribution in [0, 0.1) is 0 Å². The maximum Gasteiger partial charge on any atom is 0.191 e. The number of hydrogen-bond donors (Lipinski definition) is 3. The Morgan fingerprint density at radius 3 is 2.90 bits per heavy atom. The van der Waals surface area contributed by atoms with Crippen LogP contribution in [-0.2, 0) is 6.42 Å². The molecule has 1 aromatic carbocycles. The summed E-state index contributed by atoms with van der Waals surface area (Å²) >= 11 is 0. The SMILES string of the molecule is CN=C(NCCCc1c[nH]c2ccccc12)NC1CC1.I. The highest BCUT2D eigenvalue weighted by atomic mass is 127. The van der Waals surface area contributed by atoms with Crippen LogP contribution in [0.2, 0.25) is 0 Å². The van der Waals surface area contributed by atoms with Crippen molar-refractivity contribution in [2.24, 2.45) is 4.99 Å². The Labute approximate surface area is 142 Å². The Hall–Kier alpha value is -1.24. The molecule has 1 aliphatic carbocycles. The predicted octanol–water partition coefficient (Wildman–Crippen LogP) is 3.05. The van der Waals surface area contributed by atoms with E-state index in [2.05, 4.69) is 51.1 Å². The third-order valence-electron chi connectivity index (χ3n) is 3.73. The lowest BCUT2D eigenvalue weighted by molar-refractivity contribution is 0.742. The number of rotatable bonds is 5. The van der Waals surface area contributed by atoms with Crippen LogP contribution >= 0.6 is 24.0 Å². The molecule has 0 saturated heterocycles. The summed E-state index contributed by atoms with van der Waals surface area (Å²) in [6.45, 7) is 0.950. The van der Waals surface area contributed by atoms with Gasteiger partial charge in [0.25, 0.3) is 0 Å². The lowest BCUT2D eigenvalue weighted by Gasteiger charge is -2.10. The number of para-hydroxylation sites is 1. The summed E-state index contributed by atoms with van der Waals surface area (Å²) in [6.07, 6.45) is 6.86. The van der Waals surface area contributed by atoms with E-state index < -0.39 is 0 Å². The number of hydrogen-bond acceptors (Lipinski definition) is 1. The molecule has 0 spiro atoms. The van der Waals surface area contributed by atoms with Crippen molar-refractivity contribution in [2.45, 2.75) is 31.7 Å². The van der Waals surface area contributed by atoms with Gasteiger partial charge in [-0.25, -0.2) is 0 Å². The van der Waals surface area contributed by atoms with E-state index in [4.69, 9.17) is 0 Å². The van der Waals surface area contributed by atoms with E-state index >= 15 is 0 Å². The number of nitrogens with one attached hydrogen (secondary N) is 3. The van der Waals surface area contributed by atoms with Crippen LogP contribution in [-0.4, -0.2) is 30.6 Å². The summed E-state index contributed by atoms with van der Waals surface area (Å²) in [5.41, 5.74) is 2.62. The quantitative estimate of drug-likeness (QED) is 0.314. The van der Waals surface area contributed by atoms with Gasteiger partial charge in [0.1, 0.15) is 0 Å². The Bertz CT molecular complexity index is 601. The molecule has 1 heterocycles. The Morgan fingerprint density at radius 1 is 1.33 bits per heavy atom. The number of H-pyrrole nitrogens is 1. The molecule has 3 rings (SSSR count). The average Bonchev–Trinajstić information content (AvgIpc) is 3.21. The minimum Gasteiger partial charge on any atom is -0.361 e. The number of nitrogens with zero attached hydrogens (tertiary/aromatic N) is 1. The standard InChI is InChI=1S/C16H22N4.HI/c1-17-16(20-13-8-9-13)18-10-4-5-12-11-19-15-7-3-2-6-14(12)15;/h2-3,6-7,11,13,19H,4-5,8-10H2,1H3,(H2,17,18,20);1H. The number of aromatic nitrogens is 1. The van der Waals surface area contributed by atoms with Crippen LogP contribution in [0.15, 0.2) is 35.5 Å². The van der Waals surface area contributed by atoms with Gasteiger partial charge in [-0.1, -0.05) is 18.2 Å². The molecule has 0 amide bonds. The fraction of sp³-hybridized carbons (Fsp3) is 0.438. The van der Waals surface area contributed by atoms with E-state index in [0.29, 0.717) is 6.04 Å². The normalized spacial score (nSPS) is 14.8. The number of guanidine groups is 1. The van der Waals surface area contributed by atoms with Gasteiger partial charge >= 0.3 is 0 Å². The zero-order chi connectivity index (χ0) is 13.8. The average molecular weight is 398 g/mol. The molecule has 4 nitrogen and oxygen atoms in total. The van der Waals surface area contributed by atoms with Crippen molar-refractivity contribution in [3.05, 3.63) is 36.0 Å². The van der Waals surface area contributed by atoms with Crippen LogP contribution in [0.1, 0.15) is 24.8 Å². The molecule has 1 saturated carbocycles. The second kappa shape index (κ2) is 7.68. The zero-order valence-electron chi connectivity index (χ0n) is 12.4. The Kier molecular flexibility index (Phi) is 5.90. The van der Waals surface area contributed by atoms with Crippen LogP contribution in [0.4, 0.5) is 0 Å². The molecule has 0 unspecified atom stereocenters. The van der Waals surface area contributed by atoms with E-state index in [-0.39, 0.29) is 24.0 Å². The molecule has 0 aliphatic heterocycles. The summed E-state index contributed by atoms with van der Waals surface area (Å²) in [4.78, 5) is 7.57. The maximum atomic E-state index is 4.24. The van der Waals surface area contributed by atoms with Crippen LogP contribution < -0.4 is 10.6 Å². The van der Waals surface area contributed by atoms with Crippen molar-refractivity contribution in [2.75, 3.05) is 13.6 Å². The molecule has 1 aromatic heterocycles. The van der Waals surface area contributed by atoms with Crippen molar-refractivity contribution >= 4 is 40.8 Å². The number of fused-ring (bicyclic) bond motifs is 1. The van der Waals surface area contributed by atoms with Gasteiger partial charge in [0.15, 0.2) is 5.96 Å². The van der Waals surface area contributed by atoms with Gasteiger partial charge < -0.3 is 15.6 Å². The molecule has 0 bridgehead atoms. The van der Waals surface area contributed by atoms with Crippen molar-refractivity contribution in [3.8, 4) is 0 Å². The summed E-state index contributed by atoms with van der Waals surface area (Å²) in [7, 11) is 1.83. The molecule has 1 aliphatic rings. The third-order valence-corrected chi connectivity index (χ3v) is 3.73. The number of aryl methyl sites for hydroxylation is 1. The van der Waals surface area contributed by atoms with Crippen LogP contribution in [0.3, 0.4) is 0 Å². The topological polar surface area (TPSA) is 52.2 Å². The number of benzene rings is 1. The lowest BCUT2D eigenvalue weighted by atomic mass is 10.1. The lowest BCUT2D eigenvalue weighted by Crippen LogP contribution is -2.39. The Balaban J connectivity index is 0.00000161. The van der Waals surface area contributed by atoms with Gasteiger partial charge in [0.2, 0.25) is 0 Å². The molecule has 114 valence electrons. The first kappa shape index (κ1) is 16.1. The molecule has 21 heavy (non-hydrogen) atoms. The van der Waals surface area contributed by atoms with Crippen molar-refractivity contribution < 1.29 is 0 Å². The summed E-state index contributed by atoms with van der Waals surface area (Å²) in [5, 5.41) is 8.12. The van der Waals surface area contributed by atoms with Gasteiger partial charge in [-0.05, 0) is 37.3 Å². The molecule has 1 fully saturated rings. The van der Waals surface area contributed by atoms with Crippen molar-refractivity contribution in [1.82, 2.24) is 15.6 Å². The molecular weight excluding hydrogens is 375 g/mol. The van der Waals surface area contributed by atoms with Gasteiger partial charge in [0, 0.05) is 36.7 Å². The van der Waals surface area contributed by atoms with E-state index in [1.807, 2.05) is 7.05 Å². The third kappa shape index (κ3) is 4.36. The minimum atomic E-state index is 0. The monoisotopic (exact) mass is 398 g/mol. The largest absolute Gasteiger partial charge is 0.361 e. The Morgan fingerprint density at radius 2 is 2.14 bits per heavy atom. The number of aliphatic imine (C=N–C) groups is 1. The minimum absolute atomic E-state index is 0. The van der Waals surface area contributed by atoms with Crippen molar-refractivity contribution in [3.63, 3.8) is 0 Å². The van der Waals surface area contributed by atoms with Gasteiger partial charge in [0.05, 0.1) is 0 Å². The predicted molar refractivity (Wildman–Crippen MR) is 99.6 cm³/mol. The summed E-state index contributed by atoms with van der Waals surface area (Å²) in [5.74, 6) is 0.937. The van der Waals surface area contributed by atoms with E-state index in [1.165, 1.54) is 29.3 Å². The summed E-state index contributed by atoms with van der Waals surface area (Å²) < 4.78 is 0. The van der Waals surface area contributed by atoms with Gasteiger partial charge in [-0.3, -0.25) is 4.99 Å². The smallest absolute Gasteiger partial charge is 0.191 e. The summed E-state index contributed by atoms with van der Waals surface area (Å²) in [6, 6.07) is 9.12. The van der Waals surface area contributed by atoms with Crippen LogP contribution in [0.5, 0.6) is 0 Å². The maximum absolute atomic E-state index is 4.24. The fourth-order valence-electron chi connectivity index (χ4n) is 2.44. The fourth-order valence-corrected chi connectivity index (χ4v) is 2.44. The van der Waals surface area contributed by atoms with Gasteiger partial charge in [-0.2, -0.15) is 0 Å².